The summed E-state index contributed by atoms with van der Waals surface area (Å²) in [6.07, 6.45) is 0.491. The SMILES string of the molecule is O=C1CCCC2=C1[C@@H](c1ccc(Cl)cc1)[C@@H]([N+](=O)[O-])O2. The number of carbonyl (C=O) groups is 1. The van der Waals surface area contributed by atoms with E-state index >= 15 is 0 Å². The normalized spacial score (nSPS) is 25.4. The Bertz CT molecular complexity index is 608. The van der Waals surface area contributed by atoms with Crippen molar-refractivity contribution in [1.82, 2.24) is 0 Å². The Hall–Kier alpha value is -1.88. The summed E-state index contributed by atoms with van der Waals surface area (Å²) in [5.41, 5.74) is 1.16. The number of Topliss-reactive ketones (excluding diaryl/α,β-unsaturated/α-hetero) is 1. The molecule has 1 heterocycles. The Labute approximate surface area is 120 Å². The number of benzene rings is 1. The second-order valence-corrected chi connectivity index (χ2v) is 5.37. The van der Waals surface area contributed by atoms with Crippen molar-refractivity contribution in [3.05, 3.63) is 56.3 Å². The van der Waals surface area contributed by atoms with Crippen LogP contribution in [0.2, 0.25) is 5.02 Å². The van der Waals surface area contributed by atoms with E-state index in [1.165, 1.54) is 0 Å². The number of carbonyl (C=O) groups excluding carboxylic acids is 1. The quantitative estimate of drug-likeness (QED) is 0.621. The molecule has 1 aliphatic heterocycles. The average molecular weight is 294 g/mol. The lowest BCUT2D eigenvalue weighted by molar-refractivity contribution is -0.570. The van der Waals surface area contributed by atoms with Crippen LogP contribution in [0.25, 0.3) is 0 Å². The Morgan fingerprint density at radius 2 is 1.95 bits per heavy atom. The molecule has 0 unspecified atom stereocenters. The zero-order chi connectivity index (χ0) is 14.3. The first-order valence-corrected chi connectivity index (χ1v) is 6.77. The van der Waals surface area contributed by atoms with Gasteiger partial charge in [0, 0.05) is 17.9 Å². The molecule has 0 saturated carbocycles. The molecule has 0 bridgehead atoms. The van der Waals surface area contributed by atoms with E-state index in [1.807, 2.05) is 0 Å². The summed E-state index contributed by atoms with van der Waals surface area (Å²) in [4.78, 5) is 22.9. The number of hydrogen-bond acceptors (Lipinski definition) is 4. The second-order valence-electron chi connectivity index (χ2n) is 4.94. The monoisotopic (exact) mass is 293 g/mol. The number of hydrogen-bond donors (Lipinski definition) is 0. The fraction of sp³-hybridized carbons (Fsp3) is 0.357. The molecule has 0 radical (unpaired) electrons. The summed E-state index contributed by atoms with van der Waals surface area (Å²) in [6, 6.07) is 6.76. The van der Waals surface area contributed by atoms with Crippen LogP contribution in [-0.4, -0.2) is 16.9 Å². The number of allylic oxidation sites excluding steroid dienone is 1. The molecular formula is C14H12ClNO4. The van der Waals surface area contributed by atoms with Crippen LogP contribution < -0.4 is 0 Å². The molecule has 2 aliphatic rings. The Balaban J connectivity index is 2.07. The van der Waals surface area contributed by atoms with Crippen molar-refractivity contribution in [2.75, 3.05) is 0 Å². The lowest BCUT2D eigenvalue weighted by Crippen LogP contribution is -2.27. The van der Waals surface area contributed by atoms with E-state index in [0.717, 1.165) is 0 Å². The van der Waals surface area contributed by atoms with Gasteiger partial charge >= 0.3 is 6.23 Å². The van der Waals surface area contributed by atoms with E-state index in [1.54, 1.807) is 24.3 Å². The van der Waals surface area contributed by atoms with Crippen LogP contribution in [0.4, 0.5) is 0 Å². The molecule has 1 aromatic rings. The van der Waals surface area contributed by atoms with Crippen LogP contribution in [0.1, 0.15) is 30.7 Å². The van der Waals surface area contributed by atoms with Crippen LogP contribution in [0, 0.1) is 10.1 Å². The lowest BCUT2D eigenvalue weighted by Gasteiger charge is -2.15. The molecule has 6 heteroatoms. The van der Waals surface area contributed by atoms with Crippen LogP contribution in [0.3, 0.4) is 0 Å². The van der Waals surface area contributed by atoms with Gasteiger partial charge in [-0.25, -0.2) is 0 Å². The number of ether oxygens (including phenoxy) is 1. The van der Waals surface area contributed by atoms with Crippen molar-refractivity contribution in [2.45, 2.75) is 31.4 Å². The minimum absolute atomic E-state index is 0.0458. The molecule has 1 aromatic carbocycles. The Kier molecular flexibility index (Phi) is 3.22. The van der Waals surface area contributed by atoms with Gasteiger partial charge in [-0.05, 0) is 24.1 Å². The molecule has 20 heavy (non-hydrogen) atoms. The van der Waals surface area contributed by atoms with Gasteiger partial charge in [0.15, 0.2) is 5.78 Å². The van der Waals surface area contributed by atoms with E-state index < -0.39 is 17.1 Å². The van der Waals surface area contributed by atoms with E-state index in [4.69, 9.17) is 16.3 Å². The largest absolute Gasteiger partial charge is 0.433 e. The standard InChI is InChI=1S/C14H12ClNO4/c15-9-6-4-8(5-7-9)12-13-10(17)2-1-3-11(13)20-14(12)16(18)19/h4-7,12,14H,1-3H2/t12-,14+/m1/s1. The van der Waals surface area contributed by atoms with Gasteiger partial charge in [0.05, 0.1) is 10.5 Å². The molecular weight excluding hydrogens is 282 g/mol. The third-order valence-corrected chi connectivity index (χ3v) is 3.96. The highest BCUT2D eigenvalue weighted by Gasteiger charge is 2.48. The molecule has 0 N–H and O–H groups in total. The van der Waals surface area contributed by atoms with Gasteiger partial charge < -0.3 is 4.74 Å². The van der Waals surface area contributed by atoms with Crippen LogP contribution in [0.15, 0.2) is 35.6 Å². The molecule has 0 spiro atoms. The molecule has 0 aromatic heterocycles. The highest BCUT2D eigenvalue weighted by Crippen LogP contribution is 2.44. The molecule has 2 atom stereocenters. The first-order chi connectivity index (χ1) is 9.58. The zero-order valence-electron chi connectivity index (χ0n) is 10.5. The fourth-order valence-corrected chi connectivity index (χ4v) is 2.95. The average Bonchev–Trinajstić information content (AvgIpc) is 2.81. The van der Waals surface area contributed by atoms with Gasteiger partial charge in [-0.2, -0.15) is 0 Å². The van der Waals surface area contributed by atoms with Gasteiger partial charge in [-0.1, -0.05) is 23.7 Å². The van der Waals surface area contributed by atoms with Crippen molar-refractivity contribution in [3.63, 3.8) is 0 Å². The molecule has 3 rings (SSSR count). The minimum atomic E-state index is -1.22. The Morgan fingerprint density at radius 3 is 2.60 bits per heavy atom. The van der Waals surface area contributed by atoms with E-state index in [-0.39, 0.29) is 5.78 Å². The minimum Gasteiger partial charge on any atom is -0.433 e. The van der Waals surface area contributed by atoms with Gasteiger partial charge in [0.25, 0.3) is 0 Å². The number of nitrogens with zero attached hydrogens (tertiary/aromatic N) is 1. The zero-order valence-corrected chi connectivity index (χ0v) is 11.3. The summed E-state index contributed by atoms with van der Waals surface area (Å²) < 4.78 is 5.42. The Morgan fingerprint density at radius 1 is 1.25 bits per heavy atom. The van der Waals surface area contributed by atoms with Gasteiger partial charge in [-0.15, -0.1) is 0 Å². The van der Waals surface area contributed by atoms with E-state index in [2.05, 4.69) is 0 Å². The van der Waals surface area contributed by atoms with Gasteiger partial charge in [0.1, 0.15) is 11.7 Å². The first kappa shape index (κ1) is 13.1. The smallest absolute Gasteiger partial charge is 0.364 e. The first-order valence-electron chi connectivity index (χ1n) is 6.40. The number of ketones is 1. The summed E-state index contributed by atoms with van der Waals surface area (Å²) >= 11 is 5.84. The van der Waals surface area contributed by atoms with Crippen molar-refractivity contribution < 1.29 is 14.5 Å². The maximum absolute atomic E-state index is 12.1. The summed E-state index contributed by atoms with van der Waals surface area (Å²) in [5, 5.41) is 11.8. The fourth-order valence-electron chi connectivity index (χ4n) is 2.83. The molecule has 0 saturated heterocycles. The van der Waals surface area contributed by atoms with E-state index in [0.29, 0.717) is 41.2 Å². The molecule has 0 fully saturated rings. The molecule has 1 aliphatic carbocycles. The van der Waals surface area contributed by atoms with Crippen molar-refractivity contribution in [2.24, 2.45) is 0 Å². The van der Waals surface area contributed by atoms with Gasteiger partial charge in [-0.3, -0.25) is 14.9 Å². The second kappa shape index (κ2) is 4.90. The summed E-state index contributed by atoms with van der Waals surface area (Å²) in [6.45, 7) is 0. The summed E-state index contributed by atoms with van der Waals surface area (Å²) in [5.74, 6) is -0.191. The maximum Gasteiger partial charge on any atom is 0.364 e. The van der Waals surface area contributed by atoms with Crippen molar-refractivity contribution in [3.8, 4) is 0 Å². The third-order valence-electron chi connectivity index (χ3n) is 3.70. The molecule has 5 nitrogen and oxygen atoms in total. The van der Waals surface area contributed by atoms with Crippen molar-refractivity contribution in [1.29, 1.82) is 0 Å². The lowest BCUT2D eigenvalue weighted by atomic mass is 9.84. The number of rotatable bonds is 2. The van der Waals surface area contributed by atoms with Crippen LogP contribution in [-0.2, 0) is 9.53 Å². The topological polar surface area (TPSA) is 69.4 Å². The predicted octanol–water partition coefficient (Wildman–Crippen LogP) is 3.06. The number of nitro groups is 1. The maximum atomic E-state index is 12.1. The van der Waals surface area contributed by atoms with E-state index in [9.17, 15) is 14.9 Å². The van der Waals surface area contributed by atoms with Crippen molar-refractivity contribution >= 4 is 17.4 Å². The van der Waals surface area contributed by atoms with Crippen LogP contribution in [0.5, 0.6) is 0 Å². The summed E-state index contributed by atoms with van der Waals surface area (Å²) in [7, 11) is 0. The van der Waals surface area contributed by atoms with Gasteiger partial charge in [0.2, 0.25) is 0 Å². The number of halogens is 1. The highest BCUT2D eigenvalue weighted by atomic mass is 35.5. The molecule has 0 amide bonds. The predicted molar refractivity (Wildman–Crippen MR) is 71.9 cm³/mol. The molecule has 104 valence electrons. The van der Waals surface area contributed by atoms with Crippen LogP contribution >= 0.6 is 11.6 Å². The third kappa shape index (κ3) is 2.08. The highest BCUT2D eigenvalue weighted by molar-refractivity contribution is 6.30.